The summed E-state index contributed by atoms with van der Waals surface area (Å²) in [6.07, 6.45) is 1.68. The van der Waals surface area contributed by atoms with Crippen LogP contribution in [0.4, 0.5) is 0 Å². The average Bonchev–Trinajstić information content (AvgIpc) is 2.81. The van der Waals surface area contributed by atoms with Crippen LogP contribution in [0.2, 0.25) is 5.02 Å². The van der Waals surface area contributed by atoms with E-state index in [0.717, 1.165) is 0 Å². The molecule has 0 atom stereocenters. The Kier molecular flexibility index (Phi) is 4.06. The molecule has 0 spiro atoms. The minimum absolute atomic E-state index is 0.0252. The summed E-state index contributed by atoms with van der Waals surface area (Å²) in [6.45, 7) is 2.63. The molecule has 0 aliphatic rings. The van der Waals surface area contributed by atoms with Gasteiger partial charge in [0.1, 0.15) is 12.4 Å². The maximum atomic E-state index is 11.0. The molecular formula is C13H13ClN2O3. The molecule has 0 amide bonds. The van der Waals surface area contributed by atoms with Gasteiger partial charge in [-0.1, -0.05) is 11.6 Å². The first-order chi connectivity index (χ1) is 9.10. The van der Waals surface area contributed by atoms with Crippen molar-refractivity contribution in [3.8, 4) is 5.75 Å². The van der Waals surface area contributed by atoms with Crippen LogP contribution in [0.15, 0.2) is 30.5 Å². The summed E-state index contributed by atoms with van der Waals surface area (Å²) in [4.78, 5) is 15.0. The highest BCUT2D eigenvalue weighted by Crippen LogP contribution is 2.16. The number of aromatic carboxylic acids is 1. The summed E-state index contributed by atoms with van der Waals surface area (Å²) in [6, 6.07) is 6.95. The fourth-order valence-electron chi connectivity index (χ4n) is 1.64. The predicted octanol–water partition coefficient (Wildman–Crippen LogP) is 2.83. The molecule has 1 heterocycles. The number of hydrogen-bond acceptors (Lipinski definition) is 3. The van der Waals surface area contributed by atoms with Gasteiger partial charge in [0.2, 0.25) is 5.82 Å². The third-order valence-electron chi connectivity index (χ3n) is 2.56. The van der Waals surface area contributed by atoms with E-state index in [2.05, 4.69) is 4.98 Å². The molecule has 0 radical (unpaired) electrons. The van der Waals surface area contributed by atoms with Crippen LogP contribution in [0, 0.1) is 0 Å². The SMILES string of the molecule is CCn1cc(COc2ccc(Cl)cc2)nc1C(=O)O. The fourth-order valence-corrected chi connectivity index (χ4v) is 1.77. The molecule has 0 aliphatic carbocycles. The summed E-state index contributed by atoms with van der Waals surface area (Å²) in [5, 5.41) is 9.62. The van der Waals surface area contributed by atoms with Gasteiger partial charge in [-0.3, -0.25) is 0 Å². The van der Waals surface area contributed by atoms with Crippen molar-refractivity contribution in [2.24, 2.45) is 0 Å². The summed E-state index contributed by atoms with van der Waals surface area (Å²) >= 11 is 5.77. The van der Waals surface area contributed by atoms with Crippen molar-refractivity contribution >= 4 is 17.6 Å². The van der Waals surface area contributed by atoms with Gasteiger partial charge in [0.15, 0.2) is 0 Å². The Morgan fingerprint density at radius 2 is 2.11 bits per heavy atom. The monoisotopic (exact) mass is 280 g/mol. The number of benzene rings is 1. The Hall–Kier alpha value is -2.01. The molecule has 1 N–H and O–H groups in total. The van der Waals surface area contributed by atoms with E-state index >= 15 is 0 Å². The van der Waals surface area contributed by atoms with Crippen LogP contribution < -0.4 is 4.74 Å². The quantitative estimate of drug-likeness (QED) is 0.915. The second kappa shape index (κ2) is 5.75. The van der Waals surface area contributed by atoms with Gasteiger partial charge in [-0.05, 0) is 31.2 Å². The molecule has 0 unspecified atom stereocenters. The Balaban J connectivity index is 2.07. The number of carboxylic acids is 1. The normalized spacial score (nSPS) is 10.4. The molecular weight excluding hydrogens is 268 g/mol. The summed E-state index contributed by atoms with van der Waals surface area (Å²) in [5.74, 6) is -0.357. The zero-order valence-corrected chi connectivity index (χ0v) is 11.1. The zero-order chi connectivity index (χ0) is 13.8. The molecule has 0 aliphatic heterocycles. The van der Waals surface area contributed by atoms with Gasteiger partial charge in [-0.2, -0.15) is 0 Å². The highest BCUT2D eigenvalue weighted by Gasteiger charge is 2.13. The fraction of sp³-hybridized carbons (Fsp3) is 0.231. The van der Waals surface area contributed by atoms with Crippen LogP contribution >= 0.6 is 11.6 Å². The van der Waals surface area contributed by atoms with Crippen molar-refractivity contribution < 1.29 is 14.6 Å². The molecule has 100 valence electrons. The van der Waals surface area contributed by atoms with Gasteiger partial charge >= 0.3 is 5.97 Å². The number of imidazole rings is 1. The maximum Gasteiger partial charge on any atom is 0.372 e. The lowest BCUT2D eigenvalue weighted by atomic mass is 10.3. The predicted molar refractivity (Wildman–Crippen MR) is 70.6 cm³/mol. The second-order valence-corrected chi connectivity index (χ2v) is 4.33. The Labute approximate surface area is 115 Å². The van der Waals surface area contributed by atoms with Crippen LogP contribution in [0.3, 0.4) is 0 Å². The van der Waals surface area contributed by atoms with E-state index in [4.69, 9.17) is 21.4 Å². The Bertz CT molecular complexity index is 578. The topological polar surface area (TPSA) is 64.4 Å². The highest BCUT2D eigenvalue weighted by atomic mass is 35.5. The first-order valence-corrected chi connectivity index (χ1v) is 6.15. The number of carbonyl (C=O) groups is 1. The van der Waals surface area contributed by atoms with E-state index in [9.17, 15) is 4.79 Å². The molecule has 0 bridgehead atoms. The Morgan fingerprint density at radius 1 is 1.42 bits per heavy atom. The molecule has 1 aromatic carbocycles. The molecule has 0 fully saturated rings. The standard InChI is InChI=1S/C13H13ClN2O3/c1-2-16-7-10(15-12(16)13(17)18)8-19-11-5-3-9(14)4-6-11/h3-7H,2,8H2,1H3,(H,17,18). The van der Waals surface area contributed by atoms with Crippen molar-refractivity contribution in [1.82, 2.24) is 9.55 Å². The van der Waals surface area contributed by atoms with E-state index in [1.807, 2.05) is 6.92 Å². The largest absolute Gasteiger partial charge is 0.487 e. The zero-order valence-electron chi connectivity index (χ0n) is 10.3. The van der Waals surface area contributed by atoms with Gasteiger partial charge < -0.3 is 14.4 Å². The molecule has 2 rings (SSSR count). The van der Waals surface area contributed by atoms with E-state index in [0.29, 0.717) is 23.0 Å². The maximum absolute atomic E-state index is 11.0. The number of ether oxygens (including phenoxy) is 1. The number of halogens is 1. The third kappa shape index (κ3) is 3.26. The van der Waals surface area contributed by atoms with Crippen LogP contribution in [0.25, 0.3) is 0 Å². The minimum Gasteiger partial charge on any atom is -0.487 e. The minimum atomic E-state index is -1.04. The molecule has 0 saturated heterocycles. The van der Waals surface area contributed by atoms with Crippen LogP contribution in [-0.4, -0.2) is 20.6 Å². The first kappa shape index (κ1) is 13.4. The van der Waals surface area contributed by atoms with Crippen molar-refractivity contribution in [1.29, 1.82) is 0 Å². The smallest absolute Gasteiger partial charge is 0.372 e. The number of hydrogen-bond donors (Lipinski definition) is 1. The summed E-state index contributed by atoms with van der Waals surface area (Å²) in [7, 11) is 0. The summed E-state index contributed by atoms with van der Waals surface area (Å²) < 4.78 is 7.08. The van der Waals surface area contributed by atoms with Gasteiger partial charge in [0, 0.05) is 17.8 Å². The average molecular weight is 281 g/mol. The van der Waals surface area contributed by atoms with E-state index < -0.39 is 5.97 Å². The number of aromatic nitrogens is 2. The van der Waals surface area contributed by atoms with Crippen molar-refractivity contribution in [3.63, 3.8) is 0 Å². The van der Waals surface area contributed by atoms with Gasteiger partial charge in [-0.25, -0.2) is 9.78 Å². The van der Waals surface area contributed by atoms with Gasteiger partial charge in [0.05, 0.1) is 5.69 Å². The lowest BCUT2D eigenvalue weighted by Crippen LogP contribution is -2.07. The molecule has 19 heavy (non-hydrogen) atoms. The first-order valence-electron chi connectivity index (χ1n) is 5.78. The molecule has 2 aromatic rings. The van der Waals surface area contributed by atoms with E-state index in [1.54, 1.807) is 35.0 Å². The third-order valence-corrected chi connectivity index (χ3v) is 2.81. The van der Waals surface area contributed by atoms with Crippen LogP contribution in [-0.2, 0) is 13.2 Å². The molecule has 5 nitrogen and oxygen atoms in total. The highest BCUT2D eigenvalue weighted by molar-refractivity contribution is 6.30. The van der Waals surface area contributed by atoms with Crippen LogP contribution in [0.5, 0.6) is 5.75 Å². The Morgan fingerprint density at radius 3 is 2.63 bits per heavy atom. The van der Waals surface area contributed by atoms with Crippen molar-refractivity contribution in [2.75, 3.05) is 0 Å². The summed E-state index contributed by atoms with van der Waals surface area (Å²) in [5.41, 5.74) is 0.578. The van der Waals surface area contributed by atoms with Gasteiger partial charge in [-0.15, -0.1) is 0 Å². The second-order valence-electron chi connectivity index (χ2n) is 3.89. The number of carboxylic acid groups (broad SMARTS) is 1. The lowest BCUT2D eigenvalue weighted by molar-refractivity contribution is 0.0678. The van der Waals surface area contributed by atoms with Gasteiger partial charge in [0.25, 0.3) is 0 Å². The van der Waals surface area contributed by atoms with Crippen molar-refractivity contribution in [2.45, 2.75) is 20.1 Å². The number of aryl methyl sites for hydroxylation is 1. The number of nitrogens with zero attached hydrogens (tertiary/aromatic N) is 2. The van der Waals surface area contributed by atoms with E-state index in [-0.39, 0.29) is 12.4 Å². The molecule has 0 saturated carbocycles. The van der Waals surface area contributed by atoms with Crippen LogP contribution in [0.1, 0.15) is 23.2 Å². The lowest BCUT2D eigenvalue weighted by Gasteiger charge is -2.03. The molecule has 6 heteroatoms. The molecule has 1 aromatic heterocycles. The van der Waals surface area contributed by atoms with E-state index in [1.165, 1.54) is 0 Å². The number of rotatable bonds is 5. The van der Waals surface area contributed by atoms with Crippen molar-refractivity contribution in [3.05, 3.63) is 47.0 Å².